The normalized spacial score (nSPS) is 37.8. The van der Waals surface area contributed by atoms with E-state index in [2.05, 4.69) is 29.3 Å². The molecule has 0 spiro atoms. The van der Waals surface area contributed by atoms with Gasteiger partial charge in [0, 0.05) is 23.4 Å². The summed E-state index contributed by atoms with van der Waals surface area (Å²) in [6.45, 7) is 4.39. The third kappa shape index (κ3) is 1.12. The van der Waals surface area contributed by atoms with E-state index in [-0.39, 0.29) is 0 Å². The third-order valence-electron chi connectivity index (χ3n) is 4.03. The van der Waals surface area contributed by atoms with Crippen LogP contribution in [0.3, 0.4) is 0 Å². The first-order chi connectivity index (χ1) is 7.07. The van der Waals surface area contributed by atoms with Crippen molar-refractivity contribution in [2.45, 2.75) is 18.8 Å². The Morgan fingerprint density at radius 2 is 2.40 bits per heavy atom. The molecule has 2 N–H and O–H groups in total. The van der Waals surface area contributed by atoms with Crippen LogP contribution in [0, 0.1) is 5.41 Å². The Balaban J connectivity index is 1.94. The van der Waals surface area contributed by atoms with E-state index in [9.17, 15) is 0 Å². The van der Waals surface area contributed by atoms with Crippen LogP contribution in [0.1, 0.15) is 18.2 Å². The smallest absolute Gasteiger partial charge is 0.166 e. The van der Waals surface area contributed by atoms with E-state index in [1.54, 1.807) is 0 Å². The van der Waals surface area contributed by atoms with Crippen molar-refractivity contribution >= 4 is 28.7 Å². The van der Waals surface area contributed by atoms with E-state index in [1.165, 1.54) is 11.3 Å². The molecule has 0 unspecified atom stereocenters. The summed E-state index contributed by atoms with van der Waals surface area (Å²) in [5.74, 6) is 0. The van der Waals surface area contributed by atoms with Crippen LogP contribution in [0.2, 0.25) is 0 Å². The molecule has 1 aromatic heterocycles. The Labute approximate surface area is 99.1 Å². The van der Waals surface area contributed by atoms with Gasteiger partial charge in [0.15, 0.2) is 5.11 Å². The van der Waals surface area contributed by atoms with Gasteiger partial charge in [-0.1, -0.05) is 13.0 Å². The van der Waals surface area contributed by atoms with Crippen LogP contribution in [-0.4, -0.2) is 23.1 Å². The Hall–Kier alpha value is -0.610. The highest BCUT2D eigenvalue weighted by Gasteiger charge is 2.70. The molecule has 0 amide bonds. The fraction of sp³-hybridized carbons (Fsp3) is 0.545. The van der Waals surface area contributed by atoms with Gasteiger partial charge in [0.1, 0.15) is 0 Å². The highest BCUT2D eigenvalue weighted by atomic mass is 32.1. The van der Waals surface area contributed by atoms with Gasteiger partial charge in [0.05, 0.1) is 0 Å². The molecule has 0 aromatic carbocycles. The molecule has 1 aliphatic carbocycles. The average Bonchev–Trinajstić information content (AvgIpc) is 2.63. The molecule has 15 heavy (non-hydrogen) atoms. The largest absolute Gasteiger partial charge is 0.376 e. The molecule has 1 aromatic rings. The van der Waals surface area contributed by atoms with Crippen molar-refractivity contribution in [2.24, 2.45) is 11.1 Å². The lowest BCUT2D eigenvalue weighted by molar-refractivity contribution is 0.423. The van der Waals surface area contributed by atoms with Crippen molar-refractivity contribution in [3.63, 3.8) is 0 Å². The number of hydrogen-bond donors (Lipinski definition) is 1. The van der Waals surface area contributed by atoms with Gasteiger partial charge in [0.25, 0.3) is 0 Å². The first kappa shape index (κ1) is 9.60. The lowest BCUT2D eigenvalue weighted by Gasteiger charge is -2.20. The highest BCUT2D eigenvalue weighted by molar-refractivity contribution is 7.80. The average molecular weight is 238 g/mol. The highest BCUT2D eigenvalue weighted by Crippen LogP contribution is 2.69. The van der Waals surface area contributed by atoms with E-state index in [0.717, 1.165) is 13.1 Å². The van der Waals surface area contributed by atoms with Gasteiger partial charge in [-0.3, -0.25) is 0 Å². The molecule has 2 fully saturated rings. The van der Waals surface area contributed by atoms with Crippen LogP contribution in [-0.2, 0) is 5.41 Å². The standard InChI is InChI=1S/C11H14N2S2/c1-10-5-11(10,8-3-2-4-15-8)7-13(6-10)9(12)14/h2-4H,5-7H2,1H3,(H2,12,14)/t10-,11+/m0/s1. The summed E-state index contributed by atoms with van der Waals surface area (Å²) in [5.41, 5.74) is 6.47. The first-order valence-corrected chi connectivity index (χ1v) is 6.45. The molecule has 2 heterocycles. The Morgan fingerprint density at radius 1 is 1.60 bits per heavy atom. The van der Waals surface area contributed by atoms with E-state index in [0.29, 0.717) is 15.9 Å². The molecular weight excluding hydrogens is 224 g/mol. The van der Waals surface area contributed by atoms with Crippen LogP contribution in [0.5, 0.6) is 0 Å². The molecule has 4 heteroatoms. The predicted molar refractivity (Wildman–Crippen MR) is 67.1 cm³/mol. The molecule has 1 saturated carbocycles. The number of fused-ring (bicyclic) bond motifs is 1. The van der Waals surface area contributed by atoms with E-state index in [4.69, 9.17) is 18.0 Å². The SMILES string of the molecule is C[C@]12CN(C(N)=S)C[C@@]1(c1cccs1)C2. The second-order valence-electron chi connectivity index (χ2n) is 4.99. The Bertz CT molecular complexity index is 414. The minimum absolute atomic E-state index is 0.352. The van der Waals surface area contributed by atoms with Crippen molar-refractivity contribution in [3.8, 4) is 0 Å². The van der Waals surface area contributed by atoms with Gasteiger partial charge in [-0.25, -0.2) is 0 Å². The predicted octanol–water partition coefficient (Wildman–Crippen LogP) is 1.96. The number of hydrogen-bond acceptors (Lipinski definition) is 2. The molecule has 3 rings (SSSR count). The summed E-state index contributed by atoms with van der Waals surface area (Å²) in [4.78, 5) is 3.65. The monoisotopic (exact) mass is 238 g/mol. The molecule has 2 nitrogen and oxygen atoms in total. The van der Waals surface area contributed by atoms with Gasteiger partial charge < -0.3 is 10.6 Å². The molecule has 2 atom stereocenters. The van der Waals surface area contributed by atoms with Crippen molar-refractivity contribution in [2.75, 3.05) is 13.1 Å². The number of nitrogens with two attached hydrogens (primary N) is 1. The zero-order valence-electron chi connectivity index (χ0n) is 8.69. The molecule has 1 saturated heterocycles. The Morgan fingerprint density at radius 3 is 2.93 bits per heavy atom. The van der Waals surface area contributed by atoms with E-state index in [1.807, 2.05) is 11.3 Å². The van der Waals surface area contributed by atoms with Crippen molar-refractivity contribution in [3.05, 3.63) is 22.4 Å². The summed E-state index contributed by atoms with van der Waals surface area (Å²) < 4.78 is 0. The van der Waals surface area contributed by atoms with Crippen molar-refractivity contribution < 1.29 is 0 Å². The maximum absolute atomic E-state index is 5.71. The molecular formula is C11H14N2S2. The summed E-state index contributed by atoms with van der Waals surface area (Å²) >= 11 is 6.93. The number of likely N-dealkylation sites (tertiary alicyclic amines) is 1. The Kier molecular flexibility index (Phi) is 1.75. The molecule has 80 valence electrons. The quantitative estimate of drug-likeness (QED) is 0.758. The number of nitrogens with zero attached hydrogens (tertiary/aromatic N) is 1. The molecule has 1 aliphatic heterocycles. The van der Waals surface area contributed by atoms with Crippen LogP contribution in [0.15, 0.2) is 17.5 Å². The number of rotatable bonds is 1. The fourth-order valence-corrected chi connectivity index (χ4v) is 4.25. The third-order valence-corrected chi connectivity index (χ3v) is 5.36. The first-order valence-electron chi connectivity index (χ1n) is 5.16. The van der Waals surface area contributed by atoms with Gasteiger partial charge in [0.2, 0.25) is 0 Å². The fourth-order valence-electron chi connectivity index (χ4n) is 3.05. The summed E-state index contributed by atoms with van der Waals surface area (Å²) in [5, 5.41) is 2.71. The van der Waals surface area contributed by atoms with Crippen LogP contribution < -0.4 is 5.73 Å². The maximum Gasteiger partial charge on any atom is 0.166 e. The summed E-state index contributed by atoms with van der Waals surface area (Å²) in [6.07, 6.45) is 1.29. The second kappa shape index (κ2) is 2.74. The van der Waals surface area contributed by atoms with Crippen molar-refractivity contribution in [1.82, 2.24) is 4.90 Å². The summed E-state index contributed by atoms with van der Waals surface area (Å²) in [7, 11) is 0. The number of thiocarbonyl (C=S) groups is 1. The molecule has 0 radical (unpaired) electrons. The molecule has 0 bridgehead atoms. The summed E-state index contributed by atoms with van der Waals surface area (Å²) in [6, 6.07) is 4.38. The van der Waals surface area contributed by atoms with Gasteiger partial charge in [-0.05, 0) is 35.5 Å². The lowest BCUT2D eigenvalue weighted by Crippen LogP contribution is -2.36. The van der Waals surface area contributed by atoms with Gasteiger partial charge in [-0.15, -0.1) is 11.3 Å². The van der Waals surface area contributed by atoms with Crippen molar-refractivity contribution in [1.29, 1.82) is 0 Å². The maximum atomic E-state index is 5.71. The second-order valence-corrected chi connectivity index (χ2v) is 6.36. The topological polar surface area (TPSA) is 29.3 Å². The zero-order valence-corrected chi connectivity index (χ0v) is 10.3. The van der Waals surface area contributed by atoms with E-state index < -0.39 is 0 Å². The minimum atomic E-state index is 0.352. The number of piperidine rings is 1. The number of thiophene rings is 1. The van der Waals surface area contributed by atoms with E-state index >= 15 is 0 Å². The van der Waals surface area contributed by atoms with Gasteiger partial charge in [-0.2, -0.15) is 0 Å². The van der Waals surface area contributed by atoms with Gasteiger partial charge >= 0.3 is 0 Å². The van der Waals surface area contributed by atoms with Crippen LogP contribution in [0.25, 0.3) is 0 Å². The zero-order chi connectivity index (χ0) is 10.7. The van der Waals surface area contributed by atoms with Crippen LogP contribution in [0.4, 0.5) is 0 Å². The van der Waals surface area contributed by atoms with Crippen LogP contribution >= 0.6 is 23.6 Å². The minimum Gasteiger partial charge on any atom is -0.376 e. The molecule has 2 aliphatic rings. The lowest BCUT2D eigenvalue weighted by atomic mass is 9.97.